The van der Waals surface area contributed by atoms with Gasteiger partial charge in [-0.05, 0) is 34.5 Å². The number of benzene rings is 1. The Balaban J connectivity index is 2.26. The van der Waals surface area contributed by atoms with Crippen molar-refractivity contribution in [1.29, 1.82) is 0 Å². The predicted molar refractivity (Wildman–Crippen MR) is 74.0 cm³/mol. The van der Waals surface area contributed by atoms with Crippen molar-refractivity contribution >= 4 is 27.7 Å². The van der Waals surface area contributed by atoms with Gasteiger partial charge in [0.2, 0.25) is 0 Å². The number of ether oxygens (including phenoxy) is 1. The van der Waals surface area contributed by atoms with Gasteiger partial charge in [0.05, 0.1) is 6.61 Å². The minimum atomic E-state index is 0.101. The molecule has 1 rings (SSSR count). The van der Waals surface area contributed by atoms with Crippen LogP contribution in [0.1, 0.15) is 13.3 Å². The van der Waals surface area contributed by atoms with Crippen LogP contribution in [-0.2, 0) is 4.74 Å². The molecule has 90 valence electrons. The van der Waals surface area contributed by atoms with Gasteiger partial charge >= 0.3 is 0 Å². The molecule has 1 aromatic carbocycles. The normalized spacial score (nSPS) is 12.7. The van der Waals surface area contributed by atoms with Crippen LogP contribution < -0.4 is 5.73 Å². The van der Waals surface area contributed by atoms with Gasteiger partial charge in [0.25, 0.3) is 0 Å². The van der Waals surface area contributed by atoms with Gasteiger partial charge in [-0.1, -0.05) is 19.1 Å². The van der Waals surface area contributed by atoms with Crippen LogP contribution >= 0.6 is 27.7 Å². The summed E-state index contributed by atoms with van der Waals surface area (Å²) < 4.78 is 6.54. The first kappa shape index (κ1) is 14.0. The van der Waals surface area contributed by atoms with Crippen LogP contribution in [0.2, 0.25) is 0 Å². The second-order valence-corrected chi connectivity index (χ2v) is 5.49. The maximum Gasteiger partial charge on any atom is 0.0625 e. The summed E-state index contributed by atoms with van der Waals surface area (Å²) in [5.41, 5.74) is 5.95. The average molecular weight is 304 g/mol. The van der Waals surface area contributed by atoms with Crippen molar-refractivity contribution in [2.24, 2.45) is 5.73 Å². The van der Waals surface area contributed by atoms with E-state index in [9.17, 15) is 0 Å². The lowest BCUT2D eigenvalue weighted by Gasteiger charge is -2.12. The summed E-state index contributed by atoms with van der Waals surface area (Å²) in [6.07, 6.45) is 1.05. The van der Waals surface area contributed by atoms with E-state index < -0.39 is 0 Å². The first-order valence-electron chi connectivity index (χ1n) is 5.44. The molecule has 0 fully saturated rings. The highest BCUT2D eigenvalue weighted by molar-refractivity contribution is 9.10. The fraction of sp³-hybridized carbons (Fsp3) is 0.500. The lowest BCUT2D eigenvalue weighted by Crippen LogP contribution is -2.28. The summed E-state index contributed by atoms with van der Waals surface area (Å²) in [5, 5.41) is 0. The molecule has 0 amide bonds. The van der Waals surface area contributed by atoms with Gasteiger partial charge in [-0.25, -0.2) is 0 Å². The minimum Gasteiger partial charge on any atom is -0.380 e. The van der Waals surface area contributed by atoms with E-state index in [0.29, 0.717) is 6.61 Å². The number of rotatable bonds is 7. The summed E-state index contributed by atoms with van der Waals surface area (Å²) in [6.45, 7) is 3.54. The van der Waals surface area contributed by atoms with Crippen LogP contribution in [-0.4, -0.2) is 25.0 Å². The first-order valence-corrected chi connectivity index (χ1v) is 7.22. The molecule has 16 heavy (non-hydrogen) atoms. The minimum absolute atomic E-state index is 0.101. The quantitative estimate of drug-likeness (QED) is 0.620. The third-order valence-electron chi connectivity index (χ3n) is 1.97. The van der Waals surface area contributed by atoms with E-state index in [4.69, 9.17) is 10.5 Å². The molecule has 0 bridgehead atoms. The highest BCUT2D eigenvalue weighted by Crippen LogP contribution is 2.27. The average Bonchev–Trinajstić information content (AvgIpc) is 2.28. The van der Waals surface area contributed by atoms with Crippen LogP contribution in [0, 0.1) is 0 Å². The van der Waals surface area contributed by atoms with E-state index in [1.54, 1.807) is 11.8 Å². The number of hydrogen-bond acceptors (Lipinski definition) is 3. The van der Waals surface area contributed by atoms with Gasteiger partial charge in [-0.15, -0.1) is 11.8 Å². The zero-order valence-corrected chi connectivity index (χ0v) is 11.9. The highest BCUT2D eigenvalue weighted by Gasteiger charge is 2.05. The molecule has 1 unspecified atom stereocenters. The monoisotopic (exact) mass is 303 g/mol. The molecule has 0 spiro atoms. The molecule has 1 aromatic rings. The van der Waals surface area contributed by atoms with E-state index in [1.165, 1.54) is 4.90 Å². The van der Waals surface area contributed by atoms with Gasteiger partial charge in [0.1, 0.15) is 0 Å². The highest BCUT2D eigenvalue weighted by atomic mass is 79.9. The molecule has 1 atom stereocenters. The van der Waals surface area contributed by atoms with Crippen LogP contribution in [0.25, 0.3) is 0 Å². The zero-order valence-electron chi connectivity index (χ0n) is 9.49. The van der Waals surface area contributed by atoms with Crippen LogP contribution in [0.15, 0.2) is 33.6 Å². The number of thioether (sulfide) groups is 1. The Hall–Kier alpha value is -0.0300. The van der Waals surface area contributed by atoms with E-state index in [1.807, 2.05) is 18.2 Å². The maximum absolute atomic E-state index is 5.95. The Morgan fingerprint density at radius 1 is 1.44 bits per heavy atom. The molecule has 2 nitrogen and oxygen atoms in total. The fourth-order valence-corrected chi connectivity index (χ4v) is 2.68. The summed E-state index contributed by atoms with van der Waals surface area (Å²) in [7, 11) is 0. The van der Waals surface area contributed by atoms with Crippen molar-refractivity contribution in [2.45, 2.75) is 24.3 Å². The van der Waals surface area contributed by atoms with Gasteiger partial charge in [0.15, 0.2) is 0 Å². The van der Waals surface area contributed by atoms with E-state index in [-0.39, 0.29) is 6.04 Å². The second kappa shape index (κ2) is 8.12. The Kier molecular flexibility index (Phi) is 7.12. The summed E-state index contributed by atoms with van der Waals surface area (Å²) in [5.74, 6) is 0.881. The number of halogens is 1. The molecular formula is C12H18BrNOS. The summed E-state index contributed by atoms with van der Waals surface area (Å²) in [4.78, 5) is 1.23. The SMILES string of the molecule is CCCOCC(N)CSc1ccccc1Br. The van der Waals surface area contributed by atoms with Crippen molar-refractivity contribution in [3.05, 3.63) is 28.7 Å². The molecular weight excluding hydrogens is 286 g/mol. The molecule has 2 N–H and O–H groups in total. The lowest BCUT2D eigenvalue weighted by molar-refractivity contribution is 0.126. The third kappa shape index (κ3) is 5.34. The molecule has 0 aliphatic carbocycles. The van der Waals surface area contributed by atoms with Crippen molar-refractivity contribution in [3.8, 4) is 0 Å². The first-order chi connectivity index (χ1) is 7.74. The van der Waals surface area contributed by atoms with Crippen molar-refractivity contribution in [3.63, 3.8) is 0 Å². The second-order valence-electron chi connectivity index (χ2n) is 3.58. The number of nitrogens with two attached hydrogens (primary N) is 1. The molecule has 0 heterocycles. The Labute approximate surface area is 110 Å². The van der Waals surface area contributed by atoms with Crippen LogP contribution in [0.3, 0.4) is 0 Å². The topological polar surface area (TPSA) is 35.2 Å². The standard InChI is InChI=1S/C12H18BrNOS/c1-2-7-15-8-10(14)9-16-12-6-4-3-5-11(12)13/h3-6,10H,2,7-9,14H2,1H3. The Bertz CT molecular complexity index is 309. The molecule has 0 saturated carbocycles. The van der Waals surface area contributed by atoms with Gasteiger partial charge in [-0.2, -0.15) is 0 Å². The van der Waals surface area contributed by atoms with Crippen molar-refractivity contribution in [1.82, 2.24) is 0 Å². The Morgan fingerprint density at radius 2 is 2.19 bits per heavy atom. The molecule has 0 aliphatic heterocycles. The Morgan fingerprint density at radius 3 is 2.88 bits per heavy atom. The summed E-state index contributed by atoms with van der Waals surface area (Å²) >= 11 is 5.28. The third-order valence-corrected chi connectivity index (χ3v) is 4.19. The van der Waals surface area contributed by atoms with Crippen LogP contribution in [0.4, 0.5) is 0 Å². The van der Waals surface area contributed by atoms with Crippen molar-refractivity contribution in [2.75, 3.05) is 19.0 Å². The smallest absolute Gasteiger partial charge is 0.0625 e. The van der Waals surface area contributed by atoms with Crippen LogP contribution in [0.5, 0.6) is 0 Å². The summed E-state index contributed by atoms with van der Waals surface area (Å²) in [6, 6.07) is 8.28. The molecule has 0 radical (unpaired) electrons. The maximum atomic E-state index is 5.95. The van der Waals surface area contributed by atoms with E-state index in [0.717, 1.165) is 23.3 Å². The zero-order chi connectivity index (χ0) is 11.8. The van der Waals surface area contributed by atoms with E-state index >= 15 is 0 Å². The van der Waals surface area contributed by atoms with Gasteiger partial charge in [0, 0.05) is 27.8 Å². The largest absolute Gasteiger partial charge is 0.380 e. The van der Waals surface area contributed by atoms with Crippen molar-refractivity contribution < 1.29 is 4.74 Å². The van der Waals surface area contributed by atoms with Gasteiger partial charge < -0.3 is 10.5 Å². The van der Waals surface area contributed by atoms with Gasteiger partial charge in [-0.3, -0.25) is 0 Å². The lowest BCUT2D eigenvalue weighted by atomic mass is 10.4. The predicted octanol–water partition coefficient (Wildman–Crippen LogP) is 3.30. The molecule has 0 saturated heterocycles. The number of hydrogen-bond donors (Lipinski definition) is 1. The fourth-order valence-electron chi connectivity index (χ4n) is 1.19. The van der Waals surface area contributed by atoms with E-state index in [2.05, 4.69) is 28.9 Å². The molecule has 0 aliphatic rings. The molecule has 4 heteroatoms. The molecule has 0 aromatic heterocycles.